The molecule has 0 unspecified atom stereocenters. The van der Waals surface area contributed by atoms with Crippen molar-refractivity contribution < 1.29 is 9.53 Å². The van der Waals surface area contributed by atoms with E-state index in [-0.39, 0.29) is 5.02 Å². The summed E-state index contributed by atoms with van der Waals surface area (Å²) in [7, 11) is 0. The number of aromatic nitrogens is 1. The number of pyridine rings is 1. The molecule has 0 aliphatic carbocycles. The zero-order valence-corrected chi connectivity index (χ0v) is 8.34. The minimum atomic E-state index is -0.453. The SMILES string of the molecule is CCOC(=O)c1cnc(NN)c(Cl)c1. The number of rotatable bonds is 3. The Morgan fingerprint density at radius 3 is 3.00 bits per heavy atom. The summed E-state index contributed by atoms with van der Waals surface area (Å²) in [6.45, 7) is 2.04. The van der Waals surface area contributed by atoms with Crippen molar-refractivity contribution >= 4 is 23.4 Å². The lowest BCUT2D eigenvalue weighted by Gasteiger charge is -2.04. The van der Waals surface area contributed by atoms with E-state index in [9.17, 15) is 4.79 Å². The molecule has 0 spiro atoms. The Morgan fingerprint density at radius 2 is 2.50 bits per heavy atom. The van der Waals surface area contributed by atoms with Crippen LogP contribution in [0.25, 0.3) is 0 Å². The number of halogens is 1. The molecule has 6 heteroatoms. The van der Waals surface area contributed by atoms with Crippen LogP contribution in [-0.4, -0.2) is 17.6 Å². The van der Waals surface area contributed by atoms with Gasteiger partial charge in [0.25, 0.3) is 0 Å². The molecule has 0 saturated heterocycles. The second kappa shape index (κ2) is 4.78. The second-order valence-corrected chi connectivity index (χ2v) is 2.83. The molecule has 0 aromatic carbocycles. The lowest BCUT2D eigenvalue weighted by Crippen LogP contribution is -2.11. The van der Waals surface area contributed by atoms with Crippen molar-refractivity contribution in [2.24, 2.45) is 5.84 Å². The summed E-state index contributed by atoms with van der Waals surface area (Å²) in [6, 6.07) is 1.45. The standard InChI is InChI=1S/C8H10ClN3O2/c1-2-14-8(13)5-3-6(9)7(12-10)11-4-5/h3-4H,2,10H2,1H3,(H,11,12). The number of nitrogen functional groups attached to an aromatic ring is 1. The van der Waals surface area contributed by atoms with Gasteiger partial charge in [0.15, 0.2) is 5.82 Å². The van der Waals surface area contributed by atoms with Gasteiger partial charge in [0.1, 0.15) is 0 Å². The van der Waals surface area contributed by atoms with E-state index >= 15 is 0 Å². The molecule has 76 valence electrons. The first-order chi connectivity index (χ1) is 6.69. The summed E-state index contributed by atoms with van der Waals surface area (Å²) in [4.78, 5) is 15.1. The molecule has 0 bridgehead atoms. The van der Waals surface area contributed by atoms with Gasteiger partial charge < -0.3 is 10.2 Å². The Hall–Kier alpha value is -1.33. The van der Waals surface area contributed by atoms with Crippen molar-refractivity contribution in [1.29, 1.82) is 0 Å². The van der Waals surface area contributed by atoms with Crippen molar-refractivity contribution in [2.75, 3.05) is 12.0 Å². The van der Waals surface area contributed by atoms with Gasteiger partial charge in [0, 0.05) is 6.20 Å². The van der Waals surface area contributed by atoms with E-state index in [0.29, 0.717) is 18.0 Å². The highest BCUT2D eigenvalue weighted by Crippen LogP contribution is 2.19. The van der Waals surface area contributed by atoms with Gasteiger partial charge >= 0.3 is 5.97 Å². The van der Waals surface area contributed by atoms with E-state index in [0.717, 1.165) is 0 Å². The fourth-order valence-corrected chi connectivity index (χ4v) is 1.09. The number of ether oxygens (including phenoxy) is 1. The zero-order valence-electron chi connectivity index (χ0n) is 7.58. The lowest BCUT2D eigenvalue weighted by atomic mass is 10.3. The number of nitrogens with zero attached hydrogens (tertiary/aromatic N) is 1. The Balaban J connectivity index is 2.91. The summed E-state index contributed by atoms with van der Waals surface area (Å²) < 4.78 is 4.77. The maximum absolute atomic E-state index is 11.2. The van der Waals surface area contributed by atoms with Crippen molar-refractivity contribution in [1.82, 2.24) is 4.98 Å². The van der Waals surface area contributed by atoms with Crippen LogP contribution in [0.4, 0.5) is 5.82 Å². The van der Waals surface area contributed by atoms with Gasteiger partial charge in [0.2, 0.25) is 0 Å². The maximum atomic E-state index is 11.2. The van der Waals surface area contributed by atoms with Crippen LogP contribution >= 0.6 is 11.6 Å². The first-order valence-corrected chi connectivity index (χ1v) is 4.36. The number of hydrazine groups is 1. The average Bonchev–Trinajstić information content (AvgIpc) is 2.18. The number of nitrogens with two attached hydrogens (primary N) is 1. The molecule has 3 N–H and O–H groups in total. The van der Waals surface area contributed by atoms with E-state index < -0.39 is 5.97 Å². The lowest BCUT2D eigenvalue weighted by molar-refractivity contribution is 0.0526. The smallest absolute Gasteiger partial charge is 0.339 e. The summed E-state index contributed by atoms with van der Waals surface area (Å²) in [5, 5.41) is 0.276. The molecule has 1 aromatic heterocycles. The highest BCUT2D eigenvalue weighted by atomic mass is 35.5. The number of carbonyl (C=O) groups is 1. The molecule has 1 heterocycles. The van der Waals surface area contributed by atoms with Crippen LogP contribution in [0.1, 0.15) is 17.3 Å². The first kappa shape index (κ1) is 10.7. The Morgan fingerprint density at radius 1 is 1.79 bits per heavy atom. The van der Waals surface area contributed by atoms with Crippen LogP contribution in [0.3, 0.4) is 0 Å². The molecule has 14 heavy (non-hydrogen) atoms. The number of carbonyl (C=O) groups excluding carboxylic acids is 1. The molecule has 0 saturated carbocycles. The van der Waals surface area contributed by atoms with Crippen LogP contribution in [-0.2, 0) is 4.74 Å². The number of esters is 1. The largest absolute Gasteiger partial charge is 0.462 e. The summed E-state index contributed by atoms with van der Waals surface area (Å²) >= 11 is 5.76. The van der Waals surface area contributed by atoms with Gasteiger partial charge in [-0.25, -0.2) is 15.6 Å². The second-order valence-electron chi connectivity index (χ2n) is 2.42. The molecular formula is C8H10ClN3O2. The molecule has 5 nitrogen and oxygen atoms in total. The third-order valence-electron chi connectivity index (χ3n) is 1.49. The monoisotopic (exact) mass is 215 g/mol. The number of hydrogen-bond donors (Lipinski definition) is 2. The van der Waals surface area contributed by atoms with Crippen molar-refractivity contribution in [3.63, 3.8) is 0 Å². The predicted molar refractivity (Wildman–Crippen MR) is 53.0 cm³/mol. The third-order valence-corrected chi connectivity index (χ3v) is 1.78. The van der Waals surface area contributed by atoms with Gasteiger partial charge in [-0.2, -0.15) is 0 Å². The summed E-state index contributed by atoms with van der Waals surface area (Å²) in [6.07, 6.45) is 1.35. The molecular weight excluding hydrogens is 206 g/mol. The fraction of sp³-hybridized carbons (Fsp3) is 0.250. The van der Waals surface area contributed by atoms with E-state index in [1.165, 1.54) is 12.3 Å². The van der Waals surface area contributed by atoms with Gasteiger partial charge in [0.05, 0.1) is 17.2 Å². The highest BCUT2D eigenvalue weighted by Gasteiger charge is 2.09. The molecule has 0 fully saturated rings. The topological polar surface area (TPSA) is 77.2 Å². The van der Waals surface area contributed by atoms with Crippen LogP contribution in [0.15, 0.2) is 12.3 Å². The van der Waals surface area contributed by atoms with E-state index in [1.807, 2.05) is 0 Å². The zero-order chi connectivity index (χ0) is 10.6. The Bertz CT molecular complexity index is 343. The molecule has 1 aromatic rings. The molecule has 0 atom stereocenters. The van der Waals surface area contributed by atoms with Crippen LogP contribution in [0.5, 0.6) is 0 Å². The third kappa shape index (κ3) is 2.34. The summed E-state index contributed by atoms with van der Waals surface area (Å²) in [5.41, 5.74) is 2.60. The number of hydrogen-bond acceptors (Lipinski definition) is 5. The molecule has 0 amide bonds. The van der Waals surface area contributed by atoms with Gasteiger partial charge in [-0.3, -0.25) is 0 Å². The number of anilines is 1. The minimum absolute atomic E-state index is 0.276. The Kier molecular flexibility index (Phi) is 3.67. The fourth-order valence-electron chi connectivity index (χ4n) is 0.870. The molecule has 1 rings (SSSR count). The van der Waals surface area contributed by atoms with Crippen molar-refractivity contribution in [2.45, 2.75) is 6.92 Å². The van der Waals surface area contributed by atoms with Crippen LogP contribution < -0.4 is 11.3 Å². The summed E-state index contributed by atoms with van der Waals surface area (Å²) in [5.74, 6) is 4.99. The molecule has 0 aliphatic heterocycles. The number of nitrogens with one attached hydrogen (secondary N) is 1. The van der Waals surface area contributed by atoms with Crippen LogP contribution in [0, 0.1) is 0 Å². The minimum Gasteiger partial charge on any atom is -0.462 e. The van der Waals surface area contributed by atoms with Gasteiger partial charge in [-0.15, -0.1) is 0 Å². The first-order valence-electron chi connectivity index (χ1n) is 3.98. The van der Waals surface area contributed by atoms with E-state index in [1.54, 1.807) is 6.92 Å². The Labute approximate surface area is 86.2 Å². The predicted octanol–water partition coefficient (Wildman–Crippen LogP) is 1.20. The molecule has 0 aliphatic rings. The quantitative estimate of drug-likeness (QED) is 0.450. The van der Waals surface area contributed by atoms with Crippen molar-refractivity contribution in [3.05, 3.63) is 22.8 Å². The normalized spacial score (nSPS) is 9.64. The van der Waals surface area contributed by atoms with Crippen LogP contribution in [0.2, 0.25) is 5.02 Å². The average molecular weight is 216 g/mol. The highest BCUT2D eigenvalue weighted by molar-refractivity contribution is 6.33. The van der Waals surface area contributed by atoms with Crippen molar-refractivity contribution in [3.8, 4) is 0 Å². The van der Waals surface area contributed by atoms with Gasteiger partial charge in [-0.1, -0.05) is 11.6 Å². The van der Waals surface area contributed by atoms with E-state index in [4.69, 9.17) is 22.2 Å². The van der Waals surface area contributed by atoms with E-state index in [2.05, 4.69) is 10.4 Å². The van der Waals surface area contributed by atoms with Gasteiger partial charge in [-0.05, 0) is 13.0 Å². The maximum Gasteiger partial charge on any atom is 0.339 e. The molecule has 0 radical (unpaired) electrons.